The highest BCUT2D eigenvalue weighted by molar-refractivity contribution is 5.34. The summed E-state index contributed by atoms with van der Waals surface area (Å²) in [7, 11) is 0. The summed E-state index contributed by atoms with van der Waals surface area (Å²) in [6.45, 7) is 5.22. The molecule has 0 spiro atoms. The lowest BCUT2D eigenvalue weighted by atomic mass is 9.97. The van der Waals surface area contributed by atoms with Crippen molar-refractivity contribution in [3.63, 3.8) is 0 Å². The molecule has 2 nitrogen and oxygen atoms in total. The molecule has 0 bridgehead atoms. The standard InChI is InChI=1S/C15H19NO/c1-3-12-8-5-6-9-13(12)15(16-4-2)14-10-7-11-17-14/h5-11,15-16H,3-4H2,1-2H3. The van der Waals surface area contributed by atoms with Gasteiger partial charge in [-0.15, -0.1) is 0 Å². The summed E-state index contributed by atoms with van der Waals surface area (Å²) in [5.74, 6) is 0.979. The van der Waals surface area contributed by atoms with Crippen LogP contribution in [-0.2, 0) is 6.42 Å². The molecule has 0 amide bonds. The van der Waals surface area contributed by atoms with Crippen molar-refractivity contribution >= 4 is 0 Å². The van der Waals surface area contributed by atoms with Crippen LogP contribution in [0.15, 0.2) is 47.1 Å². The van der Waals surface area contributed by atoms with Crippen LogP contribution in [0.3, 0.4) is 0 Å². The van der Waals surface area contributed by atoms with Gasteiger partial charge in [-0.05, 0) is 36.2 Å². The molecule has 0 saturated heterocycles. The number of rotatable bonds is 5. The van der Waals surface area contributed by atoms with Crippen molar-refractivity contribution in [3.05, 3.63) is 59.5 Å². The molecule has 0 radical (unpaired) electrons. The van der Waals surface area contributed by atoms with E-state index in [1.54, 1.807) is 6.26 Å². The van der Waals surface area contributed by atoms with Crippen molar-refractivity contribution in [3.8, 4) is 0 Å². The van der Waals surface area contributed by atoms with E-state index in [-0.39, 0.29) is 6.04 Å². The Kier molecular flexibility index (Phi) is 3.99. The molecule has 1 heterocycles. The second-order valence-corrected chi connectivity index (χ2v) is 4.06. The molecule has 0 aliphatic carbocycles. The van der Waals surface area contributed by atoms with E-state index in [0.717, 1.165) is 18.7 Å². The molecule has 1 aromatic carbocycles. The number of furan rings is 1. The highest BCUT2D eigenvalue weighted by Gasteiger charge is 2.17. The molecule has 2 aromatic rings. The highest BCUT2D eigenvalue weighted by Crippen LogP contribution is 2.25. The third-order valence-electron chi connectivity index (χ3n) is 2.98. The molecule has 17 heavy (non-hydrogen) atoms. The summed E-state index contributed by atoms with van der Waals surface area (Å²) in [6, 6.07) is 12.7. The van der Waals surface area contributed by atoms with Crippen LogP contribution in [0, 0.1) is 0 Å². The minimum absolute atomic E-state index is 0.158. The van der Waals surface area contributed by atoms with E-state index in [4.69, 9.17) is 4.42 Å². The first-order chi connectivity index (χ1) is 8.36. The molecule has 1 N–H and O–H groups in total. The van der Waals surface area contributed by atoms with Crippen LogP contribution in [0.1, 0.15) is 36.8 Å². The van der Waals surface area contributed by atoms with Crippen molar-refractivity contribution < 1.29 is 4.42 Å². The SMILES string of the molecule is CCNC(c1ccco1)c1ccccc1CC. The lowest BCUT2D eigenvalue weighted by Gasteiger charge is -2.19. The molecular formula is C15H19NO. The lowest BCUT2D eigenvalue weighted by Crippen LogP contribution is -2.22. The molecule has 0 aliphatic rings. The Labute approximate surface area is 103 Å². The maximum atomic E-state index is 5.54. The Morgan fingerprint density at radius 1 is 1.12 bits per heavy atom. The van der Waals surface area contributed by atoms with Crippen LogP contribution in [0.4, 0.5) is 0 Å². The first-order valence-corrected chi connectivity index (χ1v) is 6.21. The second kappa shape index (κ2) is 5.69. The van der Waals surface area contributed by atoms with E-state index in [9.17, 15) is 0 Å². The lowest BCUT2D eigenvalue weighted by molar-refractivity contribution is 0.451. The predicted molar refractivity (Wildman–Crippen MR) is 70.0 cm³/mol. The summed E-state index contributed by atoms with van der Waals surface area (Å²) in [6.07, 6.45) is 2.77. The Hall–Kier alpha value is -1.54. The maximum Gasteiger partial charge on any atom is 0.125 e. The smallest absolute Gasteiger partial charge is 0.125 e. The summed E-state index contributed by atoms with van der Waals surface area (Å²) in [5.41, 5.74) is 2.68. The Morgan fingerprint density at radius 2 is 1.94 bits per heavy atom. The van der Waals surface area contributed by atoms with Crippen LogP contribution in [0.5, 0.6) is 0 Å². The molecular weight excluding hydrogens is 210 g/mol. The second-order valence-electron chi connectivity index (χ2n) is 4.06. The molecule has 1 aromatic heterocycles. The monoisotopic (exact) mass is 229 g/mol. The normalized spacial score (nSPS) is 12.6. The van der Waals surface area contributed by atoms with Gasteiger partial charge in [0.05, 0.1) is 12.3 Å². The molecule has 0 aliphatic heterocycles. The molecule has 2 rings (SSSR count). The number of nitrogens with one attached hydrogen (secondary N) is 1. The number of benzene rings is 1. The van der Waals surface area contributed by atoms with Gasteiger partial charge in [-0.25, -0.2) is 0 Å². The van der Waals surface area contributed by atoms with Crippen molar-refractivity contribution in [2.75, 3.05) is 6.54 Å². The van der Waals surface area contributed by atoms with Gasteiger partial charge >= 0.3 is 0 Å². The third kappa shape index (κ3) is 2.59. The summed E-state index contributed by atoms with van der Waals surface area (Å²) < 4.78 is 5.54. The summed E-state index contributed by atoms with van der Waals surface area (Å²) >= 11 is 0. The van der Waals surface area contributed by atoms with E-state index in [0.29, 0.717) is 0 Å². The zero-order valence-corrected chi connectivity index (χ0v) is 10.4. The van der Waals surface area contributed by atoms with Gasteiger partial charge < -0.3 is 9.73 Å². The average Bonchev–Trinajstić information content (AvgIpc) is 2.89. The Bertz CT molecular complexity index is 448. The van der Waals surface area contributed by atoms with E-state index in [2.05, 4.69) is 43.4 Å². The molecule has 0 saturated carbocycles. The average molecular weight is 229 g/mol. The number of hydrogen-bond donors (Lipinski definition) is 1. The van der Waals surface area contributed by atoms with Crippen LogP contribution in [0.2, 0.25) is 0 Å². The van der Waals surface area contributed by atoms with Crippen molar-refractivity contribution in [2.24, 2.45) is 0 Å². The van der Waals surface area contributed by atoms with E-state index in [1.807, 2.05) is 12.1 Å². The predicted octanol–water partition coefficient (Wildman–Crippen LogP) is 3.54. The molecule has 90 valence electrons. The van der Waals surface area contributed by atoms with Gasteiger partial charge in [-0.3, -0.25) is 0 Å². The van der Waals surface area contributed by atoms with Gasteiger partial charge in [-0.2, -0.15) is 0 Å². The summed E-state index contributed by atoms with van der Waals surface area (Å²) in [4.78, 5) is 0. The minimum Gasteiger partial charge on any atom is -0.467 e. The fraction of sp³-hybridized carbons (Fsp3) is 0.333. The molecule has 1 atom stereocenters. The zero-order chi connectivity index (χ0) is 12.1. The van der Waals surface area contributed by atoms with Crippen molar-refractivity contribution in [1.29, 1.82) is 0 Å². The number of hydrogen-bond acceptors (Lipinski definition) is 2. The first kappa shape index (κ1) is 11.9. The Balaban J connectivity index is 2.39. The fourth-order valence-electron chi connectivity index (χ4n) is 2.16. The van der Waals surface area contributed by atoms with Gasteiger partial charge in [0.25, 0.3) is 0 Å². The maximum absolute atomic E-state index is 5.54. The van der Waals surface area contributed by atoms with Crippen LogP contribution in [-0.4, -0.2) is 6.54 Å². The molecule has 0 fully saturated rings. The number of aryl methyl sites for hydroxylation is 1. The van der Waals surface area contributed by atoms with E-state index < -0.39 is 0 Å². The first-order valence-electron chi connectivity index (χ1n) is 6.21. The van der Waals surface area contributed by atoms with Gasteiger partial charge in [0, 0.05) is 0 Å². The van der Waals surface area contributed by atoms with Crippen LogP contribution >= 0.6 is 0 Å². The van der Waals surface area contributed by atoms with Gasteiger partial charge in [0.1, 0.15) is 5.76 Å². The van der Waals surface area contributed by atoms with Crippen molar-refractivity contribution in [2.45, 2.75) is 26.3 Å². The molecule has 1 unspecified atom stereocenters. The minimum atomic E-state index is 0.158. The van der Waals surface area contributed by atoms with Gasteiger partial charge in [-0.1, -0.05) is 38.1 Å². The third-order valence-corrected chi connectivity index (χ3v) is 2.98. The topological polar surface area (TPSA) is 25.2 Å². The molecule has 2 heteroatoms. The summed E-state index contributed by atoms with van der Waals surface area (Å²) in [5, 5.41) is 3.48. The van der Waals surface area contributed by atoms with Gasteiger partial charge in [0.2, 0.25) is 0 Å². The van der Waals surface area contributed by atoms with Crippen molar-refractivity contribution in [1.82, 2.24) is 5.32 Å². The van der Waals surface area contributed by atoms with Crippen LogP contribution in [0.25, 0.3) is 0 Å². The Morgan fingerprint density at radius 3 is 2.59 bits per heavy atom. The van der Waals surface area contributed by atoms with Crippen LogP contribution < -0.4 is 5.32 Å². The van der Waals surface area contributed by atoms with E-state index in [1.165, 1.54) is 11.1 Å². The van der Waals surface area contributed by atoms with E-state index >= 15 is 0 Å². The fourth-order valence-corrected chi connectivity index (χ4v) is 2.16. The highest BCUT2D eigenvalue weighted by atomic mass is 16.3. The van der Waals surface area contributed by atoms with Gasteiger partial charge in [0.15, 0.2) is 0 Å². The largest absolute Gasteiger partial charge is 0.467 e. The quantitative estimate of drug-likeness (QED) is 0.848. The zero-order valence-electron chi connectivity index (χ0n) is 10.4.